The molecule has 2 aromatic rings. The summed E-state index contributed by atoms with van der Waals surface area (Å²) in [5, 5.41) is 0.536. The van der Waals surface area contributed by atoms with Gasteiger partial charge < -0.3 is 19.3 Å². The smallest absolute Gasteiger partial charge is 0.260 e. The number of hydrogen-bond donors (Lipinski definition) is 0. The Morgan fingerprint density at radius 2 is 1.59 bits per heavy atom. The van der Waals surface area contributed by atoms with E-state index in [0.29, 0.717) is 49.1 Å². The minimum atomic E-state index is -0.0871. The van der Waals surface area contributed by atoms with Gasteiger partial charge in [-0.15, -0.1) is 0 Å². The number of hydrogen-bond acceptors (Lipinski definition) is 4. The highest BCUT2D eigenvalue weighted by molar-refractivity contribution is 6.30. The number of amides is 2. The second-order valence-electron chi connectivity index (χ2n) is 6.73. The van der Waals surface area contributed by atoms with Crippen LogP contribution in [0.15, 0.2) is 48.5 Å². The molecule has 0 aliphatic carbocycles. The maximum atomic E-state index is 12.7. The van der Waals surface area contributed by atoms with Crippen molar-refractivity contribution in [3.05, 3.63) is 59.1 Å². The molecule has 0 spiro atoms. The van der Waals surface area contributed by atoms with Crippen molar-refractivity contribution in [2.24, 2.45) is 0 Å². The average Bonchev–Trinajstić information content (AvgIpc) is 2.99. The first-order valence-electron chi connectivity index (χ1n) is 9.75. The van der Waals surface area contributed by atoms with Crippen molar-refractivity contribution in [1.29, 1.82) is 0 Å². The zero-order valence-electron chi connectivity index (χ0n) is 16.5. The number of ether oxygens (including phenoxy) is 2. The lowest BCUT2D eigenvalue weighted by Gasteiger charge is -2.22. The van der Waals surface area contributed by atoms with Crippen LogP contribution < -0.4 is 9.47 Å². The highest BCUT2D eigenvalue weighted by Gasteiger charge is 2.23. The van der Waals surface area contributed by atoms with Crippen LogP contribution in [0.25, 0.3) is 0 Å². The standard InChI is InChI=1S/C22H25ClN2O4/c1-2-28-19-7-9-20(10-8-19)29-16-21(26)24-11-4-12-25(14-13-24)22(27)17-5-3-6-18(23)15-17/h3,5-10,15H,2,4,11-14,16H2,1H3. The van der Waals surface area contributed by atoms with Crippen LogP contribution in [0.4, 0.5) is 0 Å². The summed E-state index contributed by atoms with van der Waals surface area (Å²) < 4.78 is 11.0. The molecule has 7 heteroatoms. The van der Waals surface area contributed by atoms with E-state index in [0.717, 1.165) is 12.2 Å². The predicted molar refractivity (Wildman–Crippen MR) is 112 cm³/mol. The van der Waals surface area contributed by atoms with Gasteiger partial charge in [-0.3, -0.25) is 9.59 Å². The van der Waals surface area contributed by atoms with E-state index in [1.165, 1.54) is 0 Å². The molecule has 0 atom stereocenters. The summed E-state index contributed by atoms with van der Waals surface area (Å²) in [6.07, 6.45) is 0.723. The third kappa shape index (κ3) is 5.87. The van der Waals surface area contributed by atoms with E-state index in [4.69, 9.17) is 21.1 Å². The minimum Gasteiger partial charge on any atom is -0.494 e. The van der Waals surface area contributed by atoms with Gasteiger partial charge in [0.2, 0.25) is 0 Å². The second kappa shape index (κ2) is 10.2. The molecule has 2 amide bonds. The number of carbonyl (C=O) groups is 2. The number of halogens is 1. The van der Waals surface area contributed by atoms with Gasteiger partial charge in [0.1, 0.15) is 11.5 Å². The number of nitrogens with zero attached hydrogens (tertiary/aromatic N) is 2. The van der Waals surface area contributed by atoms with E-state index in [1.54, 1.807) is 46.2 Å². The molecule has 0 saturated carbocycles. The van der Waals surface area contributed by atoms with E-state index >= 15 is 0 Å². The molecular formula is C22H25ClN2O4. The van der Waals surface area contributed by atoms with Gasteiger partial charge in [0.05, 0.1) is 6.61 Å². The molecule has 1 heterocycles. The molecule has 0 aromatic heterocycles. The molecular weight excluding hydrogens is 392 g/mol. The first-order valence-corrected chi connectivity index (χ1v) is 10.1. The molecule has 29 heavy (non-hydrogen) atoms. The Kier molecular flexibility index (Phi) is 7.36. The van der Waals surface area contributed by atoms with Gasteiger partial charge in [-0.25, -0.2) is 0 Å². The highest BCUT2D eigenvalue weighted by atomic mass is 35.5. The van der Waals surface area contributed by atoms with Gasteiger partial charge in [0.15, 0.2) is 6.61 Å². The molecule has 154 valence electrons. The molecule has 0 radical (unpaired) electrons. The van der Waals surface area contributed by atoms with E-state index in [2.05, 4.69) is 0 Å². The number of rotatable bonds is 6. The zero-order chi connectivity index (χ0) is 20.6. The number of benzene rings is 2. The average molecular weight is 417 g/mol. The van der Waals surface area contributed by atoms with Crippen LogP contribution in [0.2, 0.25) is 5.02 Å². The lowest BCUT2D eigenvalue weighted by Crippen LogP contribution is -2.39. The Balaban J connectivity index is 1.50. The molecule has 1 saturated heterocycles. The molecule has 3 rings (SSSR count). The molecule has 1 aliphatic rings. The van der Waals surface area contributed by atoms with Crippen molar-refractivity contribution in [1.82, 2.24) is 9.80 Å². The van der Waals surface area contributed by atoms with Crippen molar-refractivity contribution < 1.29 is 19.1 Å². The Hall–Kier alpha value is -2.73. The Labute approximate surface area is 176 Å². The first kappa shape index (κ1) is 21.0. The molecule has 0 bridgehead atoms. The van der Waals surface area contributed by atoms with Gasteiger partial charge in [-0.2, -0.15) is 0 Å². The van der Waals surface area contributed by atoms with Crippen LogP contribution >= 0.6 is 11.6 Å². The predicted octanol–water partition coefficient (Wildman–Crippen LogP) is 3.49. The van der Waals surface area contributed by atoms with E-state index < -0.39 is 0 Å². The third-order valence-electron chi connectivity index (χ3n) is 4.70. The van der Waals surface area contributed by atoms with Crippen LogP contribution in [0.3, 0.4) is 0 Å². The van der Waals surface area contributed by atoms with Crippen molar-refractivity contribution >= 4 is 23.4 Å². The van der Waals surface area contributed by atoms with Crippen LogP contribution in [-0.4, -0.2) is 61.0 Å². The quantitative estimate of drug-likeness (QED) is 0.723. The third-order valence-corrected chi connectivity index (χ3v) is 4.94. The van der Waals surface area contributed by atoms with Crippen molar-refractivity contribution in [2.45, 2.75) is 13.3 Å². The fourth-order valence-corrected chi connectivity index (χ4v) is 3.40. The second-order valence-corrected chi connectivity index (χ2v) is 7.17. The molecule has 6 nitrogen and oxygen atoms in total. The summed E-state index contributed by atoms with van der Waals surface area (Å²) in [4.78, 5) is 28.8. The van der Waals surface area contributed by atoms with E-state index in [-0.39, 0.29) is 18.4 Å². The zero-order valence-corrected chi connectivity index (χ0v) is 17.2. The van der Waals surface area contributed by atoms with Gasteiger partial charge in [-0.05, 0) is 55.8 Å². The topological polar surface area (TPSA) is 59.1 Å². The SMILES string of the molecule is CCOc1ccc(OCC(=O)N2CCCN(C(=O)c3cccc(Cl)c3)CC2)cc1. The monoisotopic (exact) mass is 416 g/mol. The van der Waals surface area contributed by atoms with Crippen LogP contribution in [0.1, 0.15) is 23.7 Å². The Bertz CT molecular complexity index is 841. The summed E-state index contributed by atoms with van der Waals surface area (Å²) in [5.74, 6) is 1.24. The Morgan fingerprint density at radius 3 is 2.28 bits per heavy atom. The normalized spacial score (nSPS) is 14.3. The molecule has 1 fully saturated rings. The molecule has 0 unspecified atom stereocenters. The lowest BCUT2D eigenvalue weighted by molar-refractivity contribution is -0.133. The maximum Gasteiger partial charge on any atom is 0.260 e. The van der Waals surface area contributed by atoms with Gasteiger partial charge >= 0.3 is 0 Å². The van der Waals surface area contributed by atoms with Crippen molar-refractivity contribution in [3.63, 3.8) is 0 Å². The maximum absolute atomic E-state index is 12.7. The van der Waals surface area contributed by atoms with Crippen LogP contribution in [-0.2, 0) is 4.79 Å². The summed E-state index contributed by atoms with van der Waals surface area (Å²) in [5.41, 5.74) is 0.566. The molecule has 0 N–H and O–H groups in total. The summed E-state index contributed by atoms with van der Waals surface area (Å²) in [6.45, 7) is 4.67. The Morgan fingerprint density at radius 1 is 0.931 bits per heavy atom. The first-order chi connectivity index (χ1) is 14.1. The summed E-state index contributed by atoms with van der Waals surface area (Å²) >= 11 is 5.99. The van der Waals surface area contributed by atoms with E-state index in [1.807, 2.05) is 19.1 Å². The summed E-state index contributed by atoms with van der Waals surface area (Å²) in [6, 6.07) is 14.1. The largest absolute Gasteiger partial charge is 0.494 e. The van der Waals surface area contributed by atoms with Crippen molar-refractivity contribution in [3.8, 4) is 11.5 Å². The fraction of sp³-hybridized carbons (Fsp3) is 0.364. The highest BCUT2D eigenvalue weighted by Crippen LogP contribution is 2.18. The van der Waals surface area contributed by atoms with Gasteiger partial charge in [0, 0.05) is 36.8 Å². The molecule has 1 aliphatic heterocycles. The summed E-state index contributed by atoms with van der Waals surface area (Å²) in [7, 11) is 0. The van der Waals surface area contributed by atoms with Gasteiger partial charge in [0.25, 0.3) is 11.8 Å². The minimum absolute atomic E-state index is 0.0315. The lowest BCUT2D eigenvalue weighted by atomic mass is 10.2. The van der Waals surface area contributed by atoms with E-state index in [9.17, 15) is 9.59 Å². The van der Waals surface area contributed by atoms with Crippen LogP contribution in [0.5, 0.6) is 11.5 Å². The fourth-order valence-electron chi connectivity index (χ4n) is 3.21. The van der Waals surface area contributed by atoms with Crippen LogP contribution in [0, 0.1) is 0 Å². The van der Waals surface area contributed by atoms with Gasteiger partial charge in [-0.1, -0.05) is 17.7 Å². The number of carbonyl (C=O) groups excluding carboxylic acids is 2. The molecule has 2 aromatic carbocycles. The van der Waals surface area contributed by atoms with Crippen molar-refractivity contribution in [2.75, 3.05) is 39.4 Å².